The molecule has 0 aliphatic rings. The van der Waals surface area contributed by atoms with Crippen LogP contribution in [0.5, 0.6) is 0 Å². The number of hydrogen-bond acceptors (Lipinski definition) is 2. The maximum atomic E-state index is 12.2. The van der Waals surface area contributed by atoms with Crippen molar-refractivity contribution >= 4 is 29.6 Å². The number of amides is 1. The first-order valence-electron chi connectivity index (χ1n) is 6.27. The number of benzene rings is 1. The molecule has 0 spiro atoms. The molecular weight excluding hydrogens is 278 g/mol. The topological polar surface area (TPSA) is 57.6 Å². The third kappa shape index (κ3) is 4.70. The average Bonchev–Trinajstić information content (AvgIpc) is 2.35. The van der Waals surface area contributed by atoms with Crippen molar-refractivity contribution in [3.8, 4) is 0 Å². The van der Waals surface area contributed by atoms with E-state index in [1.807, 2.05) is 13.8 Å². The van der Waals surface area contributed by atoms with E-state index < -0.39 is 5.97 Å². The van der Waals surface area contributed by atoms with Crippen LogP contribution in [0, 0.1) is 5.92 Å². The Hall–Kier alpha value is -1.81. The van der Waals surface area contributed by atoms with Crippen LogP contribution in [0.2, 0.25) is 5.02 Å². The number of hydrogen-bond donors (Lipinski definition) is 1. The summed E-state index contributed by atoms with van der Waals surface area (Å²) < 4.78 is 0. The highest BCUT2D eigenvalue weighted by Gasteiger charge is 2.13. The Balaban J connectivity index is 2.91. The minimum Gasteiger partial charge on any atom is -0.478 e. The molecule has 20 heavy (non-hydrogen) atoms. The van der Waals surface area contributed by atoms with Gasteiger partial charge in [-0.25, -0.2) is 4.79 Å². The van der Waals surface area contributed by atoms with E-state index in [2.05, 4.69) is 0 Å². The molecule has 1 rings (SSSR count). The molecule has 0 heterocycles. The molecule has 0 saturated heterocycles. The summed E-state index contributed by atoms with van der Waals surface area (Å²) in [6.07, 6.45) is 2.41. The molecule has 0 aliphatic heterocycles. The fraction of sp³-hybridized carbons (Fsp3) is 0.333. The van der Waals surface area contributed by atoms with Crippen LogP contribution >= 0.6 is 11.6 Å². The highest BCUT2D eigenvalue weighted by molar-refractivity contribution is 6.32. The molecule has 1 N–H and O–H groups in total. The number of carboxylic acid groups (broad SMARTS) is 1. The van der Waals surface area contributed by atoms with Gasteiger partial charge >= 0.3 is 5.97 Å². The van der Waals surface area contributed by atoms with Gasteiger partial charge in [0.1, 0.15) is 0 Å². The fourth-order valence-electron chi connectivity index (χ4n) is 1.81. The predicted molar refractivity (Wildman–Crippen MR) is 79.9 cm³/mol. The molecule has 0 fully saturated rings. The van der Waals surface area contributed by atoms with Crippen LogP contribution in [-0.4, -0.2) is 35.5 Å². The van der Waals surface area contributed by atoms with E-state index in [1.165, 1.54) is 6.08 Å². The molecule has 5 heteroatoms. The summed E-state index contributed by atoms with van der Waals surface area (Å²) in [7, 11) is 1.74. The second kappa shape index (κ2) is 7.10. The number of rotatable bonds is 5. The smallest absolute Gasteiger partial charge is 0.328 e. The maximum Gasteiger partial charge on any atom is 0.328 e. The summed E-state index contributed by atoms with van der Waals surface area (Å²) in [5, 5.41) is 8.93. The number of aliphatic carboxylic acids is 1. The molecule has 0 saturated carbocycles. The number of carbonyl (C=O) groups is 2. The van der Waals surface area contributed by atoms with Gasteiger partial charge in [-0.2, -0.15) is 0 Å². The lowest BCUT2D eigenvalue weighted by Crippen LogP contribution is -2.30. The molecule has 1 aromatic rings. The quantitative estimate of drug-likeness (QED) is 0.849. The van der Waals surface area contributed by atoms with Crippen molar-refractivity contribution in [1.82, 2.24) is 4.90 Å². The first-order chi connectivity index (χ1) is 9.31. The molecule has 0 aliphatic carbocycles. The maximum absolute atomic E-state index is 12.2. The molecule has 1 amide bonds. The van der Waals surface area contributed by atoms with Crippen LogP contribution < -0.4 is 0 Å². The molecule has 0 radical (unpaired) electrons. The lowest BCUT2D eigenvalue weighted by atomic mass is 10.1. The fourth-order valence-corrected chi connectivity index (χ4v) is 2.05. The van der Waals surface area contributed by atoms with Crippen LogP contribution in [0.15, 0.2) is 24.3 Å². The SMILES string of the molecule is CC(C)CN(C)C(=O)c1ccc(/C=C/C(=O)O)c(Cl)c1. The van der Waals surface area contributed by atoms with Crippen molar-refractivity contribution in [3.05, 3.63) is 40.4 Å². The molecule has 1 aromatic carbocycles. The third-order valence-electron chi connectivity index (χ3n) is 2.64. The largest absolute Gasteiger partial charge is 0.478 e. The van der Waals surface area contributed by atoms with Gasteiger partial charge in [-0.15, -0.1) is 0 Å². The zero-order chi connectivity index (χ0) is 15.3. The van der Waals surface area contributed by atoms with Gasteiger partial charge in [0.15, 0.2) is 0 Å². The zero-order valence-electron chi connectivity index (χ0n) is 11.8. The van der Waals surface area contributed by atoms with Gasteiger partial charge in [0.05, 0.1) is 0 Å². The van der Waals surface area contributed by atoms with Crippen LogP contribution in [0.25, 0.3) is 6.08 Å². The second-order valence-corrected chi connectivity index (χ2v) is 5.39. The molecular formula is C15H18ClNO3. The summed E-state index contributed by atoms with van der Waals surface area (Å²) in [5.41, 5.74) is 1.06. The summed E-state index contributed by atoms with van der Waals surface area (Å²) in [5.74, 6) is -0.760. The summed E-state index contributed by atoms with van der Waals surface area (Å²) in [6.45, 7) is 4.74. The highest BCUT2D eigenvalue weighted by atomic mass is 35.5. The number of carbonyl (C=O) groups excluding carboxylic acids is 1. The van der Waals surface area contributed by atoms with Gasteiger partial charge in [-0.05, 0) is 29.7 Å². The number of halogens is 1. The third-order valence-corrected chi connectivity index (χ3v) is 2.97. The summed E-state index contributed by atoms with van der Waals surface area (Å²) >= 11 is 6.05. The Labute approximate surface area is 123 Å². The van der Waals surface area contributed by atoms with Crippen molar-refractivity contribution in [1.29, 1.82) is 0 Å². The summed E-state index contributed by atoms with van der Waals surface area (Å²) in [6, 6.07) is 4.84. The average molecular weight is 296 g/mol. The molecule has 4 nitrogen and oxygen atoms in total. The van der Waals surface area contributed by atoms with Gasteiger partial charge in [-0.3, -0.25) is 4.79 Å². The Bertz CT molecular complexity index is 538. The molecule has 0 bridgehead atoms. The normalized spacial score (nSPS) is 11.1. The van der Waals surface area contributed by atoms with Gasteiger partial charge in [-0.1, -0.05) is 31.5 Å². The van der Waals surface area contributed by atoms with Crippen molar-refractivity contribution in [2.75, 3.05) is 13.6 Å². The van der Waals surface area contributed by atoms with E-state index in [0.717, 1.165) is 6.08 Å². The van der Waals surface area contributed by atoms with Crippen molar-refractivity contribution in [2.24, 2.45) is 5.92 Å². The first-order valence-corrected chi connectivity index (χ1v) is 6.65. The summed E-state index contributed by atoms with van der Waals surface area (Å²) in [4.78, 5) is 24.3. The van der Waals surface area contributed by atoms with Crippen LogP contribution in [0.4, 0.5) is 0 Å². The predicted octanol–water partition coefficient (Wildman–Crippen LogP) is 3.17. The van der Waals surface area contributed by atoms with Gasteiger partial charge in [0.2, 0.25) is 0 Å². The van der Waals surface area contributed by atoms with E-state index in [1.54, 1.807) is 30.1 Å². The zero-order valence-corrected chi connectivity index (χ0v) is 12.5. The second-order valence-electron chi connectivity index (χ2n) is 4.99. The number of carboxylic acids is 1. The lowest BCUT2D eigenvalue weighted by Gasteiger charge is -2.19. The van der Waals surface area contributed by atoms with E-state index in [9.17, 15) is 9.59 Å². The van der Waals surface area contributed by atoms with Crippen LogP contribution in [0.1, 0.15) is 29.8 Å². The molecule has 108 valence electrons. The minimum atomic E-state index is -1.04. The van der Waals surface area contributed by atoms with E-state index >= 15 is 0 Å². The highest BCUT2D eigenvalue weighted by Crippen LogP contribution is 2.20. The van der Waals surface area contributed by atoms with Gasteiger partial charge in [0, 0.05) is 30.3 Å². The van der Waals surface area contributed by atoms with Gasteiger partial charge in [0.25, 0.3) is 5.91 Å². The molecule has 0 atom stereocenters. The Morgan fingerprint density at radius 1 is 1.40 bits per heavy atom. The first kappa shape index (κ1) is 16.2. The van der Waals surface area contributed by atoms with Crippen molar-refractivity contribution in [2.45, 2.75) is 13.8 Å². The standard InChI is InChI=1S/C15H18ClNO3/c1-10(2)9-17(3)15(20)12-5-4-11(13(16)8-12)6-7-14(18)19/h4-8,10H,9H2,1-3H3,(H,18,19)/b7-6+. The van der Waals surface area contributed by atoms with E-state index in [-0.39, 0.29) is 5.91 Å². The van der Waals surface area contributed by atoms with Crippen molar-refractivity contribution in [3.63, 3.8) is 0 Å². The van der Waals surface area contributed by atoms with Crippen LogP contribution in [0.3, 0.4) is 0 Å². The van der Waals surface area contributed by atoms with Crippen LogP contribution in [-0.2, 0) is 4.79 Å². The van der Waals surface area contributed by atoms with E-state index in [0.29, 0.717) is 28.6 Å². The Morgan fingerprint density at radius 2 is 2.05 bits per heavy atom. The van der Waals surface area contributed by atoms with Crippen molar-refractivity contribution < 1.29 is 14.7 Å². The lowest BCUT2D eigenvalue weighted by molar-refractivity contribution is -0.131. The molecule has 0 aromatic heterocycles. The number of nitrogens with zero attached hydrogens (tertiary/aromatic N) is 1. The molecule has 0 unspecified atom stereocenters. The Morgan fingerprint density at radius 3 is 2.55 bits per heavy atom. The minimum absolute atomic E-state index is 0.102. The monoisotopic (exact) mass is 295 g/mol. The Kier molecular flexibility index (Phi) is 5.77. The van der Waals surface area contributed by atoms with E-state index in [4.69, 9.17) is 16.7 Å². The van der Waals surface area contributed by atoms with Gasteiger partial charge < -0.3 is 10.0 Å².